The van der Waals surface area contributed by atoms with Crippen molar-refractivity contribution in [2.45, 2.75) is 31.8 Å². The quantitative estimate of drug-likeness (QED) is 0.478. The Hall–Kier alpha value is -1.99. The number of carbonyl (C=O) groups is 1. The molecule has 2 rings (SSSR count). The fourth-order valence-electron chi connectivity index (χ4n) is 2.17. The van der Waals surface area contributed by atoms with Crippen LogP contribution in [-0.4, -0.2) is 29.9 Å². The fraction of sp³-hybridized carbons (Fsp3) is 0.462. The average molecular weight is 281 g/mol. The predicted molar refractivity (Wildman–Crippen MR) is 67.9 cm³/mol. The van der Waals surface area contributed by atoms with Crippen LogP contribution < -0.4 is 0 Å². The second kappa shape index (κ2) is 5.18. The number of nitro groups is 1. The van der Waals surface area contributed by atoms with E-state index in [-0.39, 0.29) is 5.69 Å². The molecule has 1 aliphatic rings. The summed E-state index contributed by atoms with van der Waals surface area (Å²) >= 11 is 0. The molecule has 0 aromatic heterocycles. The Morgan fingerprint density at radius 3 is 2.60 bits per heavy atom. The van der Waals surface area contributed by atoms with Crippen molar-refractivity contribution in [3.63, 3.8) is 0 Å². The normalized spacial score (nSPS) is 24.4. The van der Waals surface area contributed by atoms with Crippen LogP contribution in [0.3, 0.4) is 0 Å². The molecule has 1 saturated heterocycles. The molecule has 0 bridgehead atoms. The van der Waals surface area contributed by atoms with Crippen LogP contribution >= 0.6 is 0 Å². The maximum atomic E-state index is 11.8. The first kappa shape index (κ1) is 14.4. The van der Waals surface area contributed by atoms with Crippen molar-refractivity contribution < 1.29 is 23.9 Å². The van der Waals surface area contributed by atoms with Crippen LogP contribution in [0, 0.1) is 10.1 Å². The summed E-state index contributed by atoms with van der Waals surface area (Å²) in [6.07, 6.45) is -1.91. The van der Waals surface area contributed by atoms with Crippen LogP contribution in [0.15, 0.2) is 24.3 Å². The highest BCUT2D eigenvalue weighted by atomic mass is 16.8. The van der Waals surface area contributed by atoms with Gasteiger partial charge in [-0.15, -0.1) is 0 Å². The van der Waals surface area contributed by atoms with E-state index in [4.69, 9.17) is 9.47 Å². The van der Waals surface area contributed by atoms with E-state index in [0.717, 1.165) is 0 Å². The van der Waals surface area contributed by atoms with Gasteiger partial charge in [0.1, 0.15) is 6.10 Å². The molecule has 1 heterocycles. The van der Waals surface area contributed by atoms with Crippen molar-refractivity contribution >= 4 is 11.7 Å². The van der Waals surface area contributed by atoms with Crippen LogP contribution in [0.5, 0.6) is 0 Å². The van der Waals surface area contributed by atoms with Gasteiger partial charge in [0.25, 0.3) is 5.69 Å². The molecule has 1 aliphatic heterocycles. The highest BCUT2D eigenvalue weighted by Gasteiger charge is 2.48. The summed E-state index contributed by atoms with van der Waals surface area (Å²) < 4.78 is 15.8. The van der Waals surface area contributed by atoms with E-state index in [1.165, 1.54) is 13.2 Å². The first-order chi connectivity index (χ1) is 9.35. The third kappa shape index (κ3) is 2.63. The van der Waals surface area contributed by atoms with E-state index in [9.17, 15) is 14.9 Å². The van der Waals surface area contributed by atoms with E-state index >= 15 is 0 Å². The van der Waals surface area contributed by atoms with E-state index < -0.39 is 28.9 Å². The molecular weight excluding hydrogens is 266 g/mol. The average Bonchev–Trinajstić information content (AvgIpc) is 2.73. The number of nitrogens with zero attached hydrogens (tertiary/aromatic N) is 1. The van der Waals surface area contributed by atoms with Crippen LogP contribution in [0.4, 0.5) is 5.69 Å². The van der Waals surface area contributed by atoms with Crippen LogP contribution in [0.2, 0.25) is 0 Å². The molecule has 0 aliphatic carbocycles. The summed E-state index contributed by atoms with van der Waals surface area (Å²) in [6, 6.07) is 6.10. The summed E-state index contributed by atoms with van der Waals surface area (Å²) in [4.78, 5) is 22.3. The van der Waals surface area contributed by atoms with Crippen LogP contribution in [0.25, 0.3) is 0 Å². The van der Waals surface area contributed by atoms with Gasteiger partial charge in [-0.3, -0.25) is 10.1 Å². The van der Waals surface area contributed by atoms with Crippen molar-refractivity contribution in [2.75, 3.05) is 7.11 Å². The molecule has 7 heteroatoms. The van der Waals surface area contributed by atoms with Gasteiger partial charge in [0.05, 0.1) is 17.6 Å². The van der Waals surface area contributed by atoms with Crippen LogP contribution in [-0.2, 0) is 19.0 Å². The summed E-state index contributed by atoms with van der Waals surface area (Å²) in [5.74, 6) is -1.65. The number of benzene rings is 1. The highest BCUT2D eigenvalue weighted by Crippen LogP contribution is 2.41. The van der Waals surface area contributed by atoms with Crippen molar-refractivity contribution in [2.24, 2.45) is 0 Å². The van der Waals surface area contributed by atoms with Gasteiger partial charge in [-0.1, -0.05) is 12.1 Å². The van der Waals surface area contributed by atoms with Gasteiger partial charge in [-0.25, -0.2) is 4.79 Å². The summed E-state index contributed by atoms with van der Waals surface area (Å²) in [5.41, 5.74) is 0.172. The standard InChI is InChI=1S/C13H15NO6/c1-13(2)19-10(11(20-13)12(15)18-3)8-6-4-5-7-9(8)14(16)17/h4-7,10-11H,1-3H3/t10-,11-/m0/s1. The smallest absolute Gasteiger partial charge is 0.338 e. The first-order valence-electron chi connectivity index (χ1n) is 6.02. The lowest BCUT2D eigenvalue weighted by Gasteiger charge is -2.16. The molecule has 108 valence electrons. The lowest BCUT2D eigenvalue weighted by Crippen LogP contribution is -2.29. The molecule has 0 spiro atoms. The molecule has 0 saturated carbocycles. The van der Waals surface area contributed by atoms with E-state index in [1.807, 2.05) is 0 Å². The number of rotatable bonds is 3. The second-order valence-corrected chi connectivity index (χ2v) is 4.82. The van der Waals surface area contributed by atoms with Crippen molar-refractivity contribution in [3.8, 4) is 0 Å². The van der Waals surface area contributed by atoms with Gasteiger partial charge in [-0.05, 0) is 19.9 Å². The third-order valence-electron chi connectivity index (χ3n) is 2.97. The number of hydrogen-bond acceptors (Lipinski definition) is 6. The minimum atomic E-state index is -1.03. The molecule has 7 nitrogen and oxygen atoms in total. The summed E-state index contributed by atoms with van der Waals surface area (Å²) in [5, 5.41) is 11.1. The maximum Gasteiger partial charge on any atom is 0.338 e. The molecule has 1 aromatic carbocycles. The van der Waals surface area contributed by atoms with Gasteiger partial charge in [0, 0.05) is 6.07 Å². The van der Waals surface area contributed by atoms with Gasteiger partial charge < -0.3 is 14.2 Å². The molecule has 0 radical (unpaired) electrons. The number of esters is 1. The molecule has 1 fully saturated rings. The number of para-hydroxylation sites is 1. The Morgan fingerprint density at radius 2 is 2.00 bits per heavy atom. The molecule has 0 N–H and O–H groups in total. The number of carbonyl (C=O) groups excluding carboxylic acids is 1. The number of methoxy groups -OCH3 is 1. The Labute approximate surface area is 115 Å². The van der Waals surface area contributed by atoms with Gasteiger partial charge in [-0.2, -0.15) is 0 Å². The van der Waals surface area contributed by atoms with Gasteiger partial charge >= 0.3 is 5.97 Å². The Balaban J connectivity index is 2.44. The monoisotopic (exact) mass is 281 g/mol. The minimum absolute atomic E-state index is 0.118. The number of hydrogen-bond donors (Lipinski definition) is 0. The van der Waals surface area contributed by atoms with E-state index in [1.54, 1.807) is 32.0 Å². The zero-order chi connectivity index (χ0) is 14.9. The molecule has 0 unspecified atom stereocenters. The molecule has 2 atom stereocenters. The SMILES string of the molecule is COC(=O)[C@H]1OC(C)(C)O[C@H]1c1ccccc1[N+](=O)[O-]. The highest BCUT2D eigenvalue weighted by molar-refractivity contribution is 5.76. The van der Waals surface area contributed by atoms with Gasteiger partial charge in [0.15, 0.2) is 11.9 Å². The van der Waals surface area contributed by atoms with Crippen molar-refractivity contribution in [1.29, 1.82) is 0 Å². The van der Waals surface area contributed by atoms with Gasteiger partial charge in [0.2, 0.25) is 0 Å². The predicted octanol–water partition coefficient (Wildman–Crippen LogP) is 1.96. The van der Waals surface area contributed by atoms with E-state index in [0.29, 0.717) is 5.56 Å². The Bertz CT molecular complexity index is 541. The molecule has 1 aromatic rings. The fourth-order valence-corrected chi connectivity index (χ4v) is 2.17. The largest absolute Gasteiger partial charge is 0.467 e. The Kier molecular flexibility index (Phi) is 3.74. The first-order valence-corrected chi connectivity index (χ1v) is 6.02. The summed E-state index contributed by atoms with van der Waals surface area (Å²) in [6.45, 7) is 3.27. The third-order valence-corrected chi connectivity index (χ3v) is 2.97. The molecule has 0 amide bonds. The lowest BCUT2D eigenvalue weighted by atomic mass is 10.0. The van der Waals surface area contributed by atoms with Crippen LogP contribution in [0.1, 0.15) is 25.5 Å². The molecular formula is C13H15NO6. The molecule has 20 heavy (non-hydrogen) atoms. The lowest BCUT2D eigenvalue weighted by molar-refractivity contribution is -0.386. The second-order valence-electron chi connectivity index (χ2n) is 4.82. The maximum absolute atomic E-state index is 11.8. The summed E-state index contributed by atoms with van der Waals surface area (Å²) in [7, 11) is 1.23. The zero-order valence-electron chi connectivity index (χ0n) is 11.4. The topological polar surface area (TPSA) is 87.9 Å². The minimum Gasteiger partial charge on any atom is -0.467 e. The Morgan fingerprint density at radius 1 is 1.35 bits per heavy atom. The van der Waals surface area contributed by atoms with E-state index in [2.05, 4.69) is 4.74 Å². The number of ether oxygens (including phenoxy) is 3. The zero-order valence-corrected chi connectivity index (χ0v) is 11.4. The van der Waals surface area contributed by atoms with Crippen molar-refractivity contribution in [3.05, 3.63) is 39.9 Å². The van der Waals surface area contributed by atoms with Crippen molar-refractivity contribution in [1.82, 2.24) is 0 Å². The number of nitro benzene ring substituents is 1.